The molecule has 0 amide bonds. The zero-order valence-electron chi connectivity index (χ0n) is 12.0. The Kier molecular flexibility index (Phi) is 4.89. The molecular formula is C17H18F3N. The van der Waals surface area contributed by atoms with Crippen molar-refractivity contribution in [1.82, 2.24) is 0 Å². The highest BCUT2D eigenvalue weighted by Crippen LogP contribution is 2.26. The minimum atomic E-state index is -1.18. The second-order valence-corrected chi connectivity index (χ2v) is 5.39. The maximum absolute atomic E-state index is 13.6. The third-order valence-electron chi connectivity index (χ3n) is 3.55. The lowest BCUT2D eigenvalue weighted by atomic mass is 9.88. The maximum Gasteiger partial charge on any atom is 0.161 e. The molecular weight excluding hydrogens is 275 g/mol. The normalized spacial score (nSPS) is 12.5. The SMILES string of the molecule is CC(C)C(CNc1cc(F)c(F)cc1F)c1ccccc1. The van der Waals surface area contributed by atoms with E-state index in [-0.39, 0.29) is 11.6 Å². The standard InChI is InChI=1S/C17H18F3N/c1-11(2)13(12-6-4-3-5-7-12)10-21-17-9-15(19)14(18)8-16(17)20/h3-9,11,13,21H,10H2,1-2H3. The van der Waals surface area contributed by atoms with E-state index < -0.39 is 17.5 Å². The van der Waals surface area contributed by atoms with E-state index in [0.29, 0.717) is 18.5 Å². The zero-order valence-corrected chi connectivity index (χ0v) is 12.0. The Bertz CT molecular complexity index is 596. The molecule has 1 atom stereocenters. The van der Waals surface area contributed by atoms with Crippen molar-refractivity contribution in [2.24, 2.45) is 5.92 Å². The quantitative estimate of drug-likeness (QED) is 0.769. The molecule has 0 bridgehead atoms. The third-order valence-corrected chi connectivity index (χ3v) is 3.55. The van der Waals surface area contributed by atoms with Gasteiger partial charge in [0.25, 0.3) is 0 Å². The van der Waals surface area contributed by atoms with Crippen LogP contribution in [0.3, 0.4) is 0 Å². The Labute approximate surface area is 122 Å². The molecule has 0 saturated heterocycles. The number of nitrogens with one attached hydrogen (secondary N) is 1. The number of rotatable bonds is 5. The lowest BCUT2D eigenvalue weighted by Gasteiger charge is -2.22. The molecule has 112 valence electrons. The molecule has 0 heterocycles. The van der Waals surface area contributed by atoms with Crippen molar-refractivity contribution < 1.29 is 13.2 Å². The molecule has 1 unspecified atom stereocenters. The Morgan fingerprint density at radius 3 is 2.14 bits per heavy atom. The summed E-state index contributed by atoms with van der Waals surface area (Å²) in [6.45, 7) is 4.59. The Morgan fingerprint density at radius 2 is 1.52 bits per heavy atom. The van der Waals surface area contributed by atoms with Crippen LogP contribution in [0.4, 0.5) is 18.9 Å². The predicted molar refractivity (Wildman–Crippen MR) is 78.8 cm³/mol. The minimum absolute atomic E-state index is 0.0181. The first kappa shape index (κ1) is 15.4. The van der Waals surface area contributed by atoms with Crippen LogP contribution in [0.15, 0.2) is 42.5 Å². The lowest BCUT2D eigenvalue weighted by Crippen LogP contribution is -2.18. The van der Waals surface area contributed by atoms with Crippen molar-refractivity contribution in [2.75, 3.05) is 11.9 Å². The fourth-order valence-electron chi connectivity index (χ4n) is 2.32. The van der Waals surface area contributed by atoms with E-state index >= 15 is 0 Å². The van der Waals surface area contributed by atoms with Gasteiger partial charge in [-0.15, -0.1) is 0 Å². The number of hydrogen-bond acceptors (Lipinski definition) is 1. The first-order valence-corrected chi connectivity index (χ1v) is 6.92. The Hall–Kier alpha value is -1.97. The van der Waals surface area contributed by atoms with E-state index in [9.17, 15) is 13.2 Å². The largest absolute Gasteiger partial charge is 0.382 e. The summed E-state index contributed by atoms with van der Waals surface area (Å²) in [5.41, 5.74) is 1.11. The fraction of sp³-hybridized carbons (Fsp3) is 0.294. The van der Waals surface area contributed by atoms with Gasteiger partial charge < -0.3 is 5.32 Å². The van der Waals surface area contributed by atoms with Crippen LogP contribution >= 0.6 is 0 Å². The van der Waals surface area contributed by atoms with Gasteiger partial charge in [-0.1, -0.05) is 44.2 Å². The van der Waals surface area contributed by atoms with Crippen molar-refractivity contribution in [3.8, 4) is 0 Å². The van der Waals surface area contributed by atoms with Crippen molar-refractivity contribution in [2.45, 2.75) is 19.8 Å². The monoisotopic (exact) mass is 293 g/mol. The summed E-state index contributed by atoms with van der Waals surface area (Å²) in [6, 6.07) is 11.3. The second kappa shape index (κ2) is 6.66. The van der Waals surface area contributed by atoms with Gasteiger partial charge in [0.2, 0.25) is 0 Å². The fourth-order valence-corrected chi connectivity index (χ4v) is 2.32. The highest BCUT2D eigenvalue weighted by molar-refractivity contribution is 5.45. The molecule has 1 nitrogen and oxygen atoms in total. The first-order valence-electron chi connectivity index (χ1n) is 6.92. The summed E-state index contributed by atoms with van der Waals surface area (Å²) in [6.07, 6.45) is 0. The first-order chi connectivity index (χ1) is 9.99. The van der Waals surface area contributed by atoms with Crippen molar-refractivity contribution in [1.29, 1.82) is 0 Å². The molecule has 2 aromatic rings. The van der Waals surface area contributed by atoms with Gasteiger partial charge in [-0.3, -0.25) is 0 Å². The molecule has 0 spiro atoms. The summed E-state index contributed by atoms with van der Waals surface area (Å²) in [4.78, 5) is 0. The highest BCUT2D eigenvalue weighted by atomic mass is 19.2. The third kappa shape index (κ3) is 3.78. The van der Waals surface area contributed by atoms with Gasteiger partial charge >= 0.3 is 0 Å². The van der Waals surface area contributed by atoms with Crippen LogP contribution in [0.2, 0.25) is 0 Å². The van der Waals surface area contributed by atoms with Crippen LogP contribution in [-0.2, 0) is 0 Å². The molecule has 2 aromatic carbocycles. The minimum Gasteiger partial charge on any atom is -0.382 e. The summed E-state index contributed by atoms with van der Waals surface area (Å²) in [7, 11) is 0. The van der Waals surface area contributed by atoms with E-state index in [1.54, 1.807) is 0 Å². The molecule has 0 aromatic heterocycles. The zero-order chi connectivity index (χ0) is 15.4. The van der Waals surface area contributed by atoms with Crippen molar-refractivity contribution in [3.05, 3.63) is 65.5 Å². The summed E-state index contributed by atoms with van der Waals surface area (Å²) in [5.74, 6) is -2.54. The molecule has 0 aliphatic carbocycles. The number of halogens is 3. The van der Waals surface area contributed by atoms with Gasteiger partial charge in [0.15, 0.2) is 11.6 Å². The van der Waals surface area contributed by atoms with Gasteiger partial charge in [0, 0.05) is 24.6 Å². The number of anilines is 1. The molecule has 0 fully saturated rings. The Morgan fingerprint density at radius 1 is 0.905 bits per heavy atom. The second-order valence-electron chi connectivity index (χ2n) is 5.39. The molecule has 2 rings (SSSR count). The van der Waals surface area contributed by atoms with Gasteiger partial charge in [-0.25, -0.2) is 13.2 Å². The number of hydrogen-bond donors (Lipinski definition) is 1. The van der Waals surface area contributed by atoms with Crippen LogP contribution < -0.4 is 5.32 Å². The molecule has 21 heavy (non-hydrogen) atoms. The van der Waals surface area contributed by atoms with Gasteiger partial charge in [0.05, 0.1) is 5.69 Å². The average molecular weight is 293 g/mol. The van der Waals surface area contributed by atoms with Gasteiger partial charge in [-0.2, -0.15) is 0 Å². The maximum atomic E-state index is 13.6. The van der Waals surface area contributed by atoms with Crippen molar-refractivity contribution >= 4 is 5.69 Å². The Balaban J connectivity index is 2.15. The van der Waals surface area contributed by atoms with Gasteiger partial charge in [0.1, 0.15) is 5.82 Å². The molecule has 4 heteroatoms. The van der Waals surface area contributed by atoms with Crippen LogP contribution in [0.1, 0.15) is 25.3 Å². The molecule has 0 saturated carbocycles. The molecule has 0 aliphatic heterocycles. The number of benzene rings is 2. The van der Waals surface area contributed by atoms with E-state index in [0.717, 1.165) is 11.6 Å². The van der Waals surface area contributed by atoms with E-state index in [1.165, 1.54) is 0 Å². The predicted octanol–water partition coefficient (Wildman–Crippen LogP) is 4.96. The highest BCUT2D eigenvalue weighted by Gasteiger charge is 2.17. The van der Waals surface area contributed by atoms with Crippen molar-refractivity contribution in [3.63, 3.8) is 0 Å². The molecule has 1 N–H and O–H groups in total. The van der Waals surface area contributed by atoms with E-state index in [4.69, 9.17) is 0 Å². The van der Waals surface area contributed by atoms with Crippen LogP contribution in [0.25, 0.3) is 0 Å². The summed E-state index contributed by atoms with van der Waals surface area (Å²) >= 11 is 0. The summed E-state index contributed by atoms with van der Waals surface area (Å²) in [5, 5.41) is 2.88. The molecule has 0 aliphatic rings. The van der Waals surface area contributed by atoms with Crippen LogP contribution in [0.5, 0.6) is 0 Å². The van der Waals surface area contributed by atoms with Crippen LogP contribution in [-0.4, -0.2) is 6.54 Å². The average Bonchev–Trinajstić information content (AvgIpc) is 2.45. The summed E-state index contributed by atoms with van der Waals surface area (Å²) < 4.78 is 39.7. The smallest absolute Gasteiger partial charge is 0.161 e. The van der Waals surface area contributed by atoms with Gasteiger partial charge in [-0.05, 0) is 11.5 Å². The molecule has 0 radical (unpaired) electrons. The topological polar surface area (TPSA) is 12.0 Å². The van der Waals surface area contributed by atoms with E-state index in [1.807, 2.05) is 30.3 Å². The van der Waals surface area contributed by atoms with Crippen LogP contribution in [0, 0.1) is 23.4 Å². The lowest BCUT2D eigenvalue weighted by molar-refractivity contribution is 0.493. The van der Waals surface area contributed by atoms with E-state index in [2.05, 4.69) is 19.2 Å².